The van der Waals surface area contributed by atoms with E-state index in [2.05, 4.69) is 5.32 Å². The van der Waals surface area contributed by atoms with Crippen molar-refractivity contribution in [3.05, 3.63) is 57.6 Å². The molecule has 0 saturated heterocycles. The van der Waals surface area contributed by atoms with E-state index >= 15 is 0 Å². The first kappa shape index (κ1) is 18.4. The van der Waals surface area contributed by atoms with Gasteiger partial charge in [0.2, 0.25) is 5.91 Å². The van der Waals surface area contributed by atoms with Crippen molar-refractivity contribution in [1.29, 1.82) is 0 Å². The Kier molecular flexibility index (Phi) is 6.76. The van der Waals surface area contributed by atoms with Gasteiger partial charge in [0.25, 0.3) is 0 Å². The van der Waals surface area contributed by atoms with E-state index in [1.165, 1.54) is 0 Å². The Morgan fingerprint density at radius 3 is 2.46 bits per heavy atom. The Hall–Kier alpha value is -1.91. The summed E-state index contributed by atoms with van der Waals surface area (Å²) < 4.78 is 10.8. The normalized spacial score (nSPS) is 10.3. The molecule has 2 aromatic rings. The Bertz CT molecular complexity index is 719. The fraction of sp³-hybridized carbons (Fsp3) is 0.278. The Morgan fingerprint density at radius 2 is 1.79 bits per heavy atom. The molecule has 0 fully saturated rings. The van der Waals surface area contributed by atoms with Crippen molar-refractivity contribution in [2.45, 2.75) is 19.9 Å². The highest BCUT2D eigenvalue weighted by molar-refractivity contribution is 6.42. The van der Waals surface area contributed by atoms with Crippen molar-refractivity contribution < 1.29 is 14.3 Å². The number of rotatable bonds is 7. The smallest absolute Gasteiger partial charge is 0.224 e. The second-order valence-electron chi connectivity index (χ2n) is 5.12. The van der Waals surface area contributed by atoms with Crippen LogP contribution in [0.3, 0.4) is 0 Å². The van der Waals surface area contributed by atoms with Crippen LogP contribution in [0.5, 0.6) is 11.5 Å². The van der Waals surface area contributed by atoms with Crippen LogP contribution >= 0.6 is 23.2 Å². The number of hydrogen-bond donors (Lipinski definition) is 1. The van der Waals surface area contributed by atoms with Gasteiger partial charge in [-0.15, -0.1) is 0 Å². The molecule has 128 valence electrons. The second-order valence-corrected chi connectivity index (χ2v) is 5.93. The standard InChI is InChI=1S/C18H19Cl2NO3/c1-3-24-16-7-5-13(9-17(16)23-2)11-21-18(22)10-12-4-6-14(19)15(20)8-12/h4-9H,3,10-11H2,1-2H3,(H,21,22). The summed E-state index contributed by atoms with van der Waals surface area (Å²) in [5, 5.41) is 3.79. The molecule has 4 nitrogen and oxygen atoms in total. The number of carbonyl (C=O) groups is 1. The van der Waals surface area contributed by atoms with Gasteiger partial charge in [0.15, 0.2) is 11.5 Å². The quantitative estimate of drug-likeness (QED) is 0.795. The van der Waals surface area contributed by atoms with Crippen LogP contribution in [0.15, 0.2) is 36.4 Å². The van der Waals surface area contributed by atoms with Crippen molar-refractivity contribution in [2.24, 2.45) is 0 Å². The molecule has 0 aromatic heterocycles. The Labute approximate surface area is 151 Å². The summed E-state index contributed by atoms with van der Waals surface area (Å²) in [6, 6.07) is 10.8. The van der Waals surface area contributed by atoms with Crippen LogP contribution in [0.2, 0.25) is 10.0 Å². The van der Waals surface area contributed by atoms with E-state index < -0.39 is 0 Å². The van der Waals surface area contributed by atoms with Gasteiger partial charge in [-0.2, -0.15) is 0 Å². The van der Waals surface area contributed by atoms with E-state index in [1.54, 1.807) is 25.3 Å². The molecule has 0 bridgehead atoms. The molecule has 2 rings (SSSR count). The zero-order valence-corrected chi connectivity index (χ0v) is 15.1. The predicted molar refractivity (Wildman–Crippen MR) is 96.2 cm³/mol. The lowest BCUT2D eigenvalue weighted by Gasteiger charge is -2.11. The summed E-state index contributed by atoms with van der Waals surface area (Å²) in [5.74, 6) is 1.24. The minimum absolute atomic E-state index is 0.0961. The largest absolute Gasteiger partial charge is 0.493 e. The monoisotopic (exact) mass is 367 g/mol. The van der Waals surface area contributed by atoms with E-state index in [1.807, 2.05) is 25.1 Å². The molecule has 0 heterocycles. The molecule has 0 aliphatic carbocycles. The van der Waals surface area contributed by atoms with Crippen LogP contribution in [0, 0.1) is 0 Å². The molecule has 0 aliphatic heterocycles. The highest BCUT2D eigenvalue weighted by Gasteiger charge is 2.08. The number of carbonyl (C=O) groups excluding carboxylic acids is 1. The fourth-order valence-electron chi connectivity index (χ4n) is 2.19. The van der Waals surface area contributed by atoms with Crippen LogP contribution in [-0.2, 0) is 17.8 Å². The summed E-state index contributed by atoms with van der Waals surface area (Å²) in [4.78, 5) is 12.1. The van der Waals surface area contributed by atoms with Crippen molar-refractivity contribution >= 4 is 29.1 Å². The molecule has 6 heteroatoms. The maximum Gasteiger partial charge on any atom is 0.224 e. The maximum atomic E-state index is 12.1. The molecular weight excluding hydrogens is 349 g/mol. The van der Waals surface area contributed by atoms with E-state index in [0.29, 0.717) is 34.7 Å². The SMILES string of the molecule is CCOc1ccc(CNC(=O)Cc2ccc(Cl)c(Cl)c2)cc1OC. The first-order chi connectivity index (χ1) is 11.5. The molecule has 0 atom stereocenters. The molecule has 2 aromatic carbocycles. The lowest BCUT2D eigenvalue weighted by Crippen LogP contribution is -2.24. The van der Waals surface area contributed by atoms with Crippen LogP contribution in [0.25, 0.3) is 0 Å². The van der Waals surface area contributed by atoms with Gasteiger partial charge in [0, 0.05) is 6.54 Å². The third-order valence-corrected chi connectivity index (χ3v) is 4.11. The summed E-state index contributed by atoms with van der Waals surface area (Å²) in [6.45, 7) is 2.88. The lowest BCUT2D eigenvalue weighted by atomic mass is 10.1. The Morgan fingerprint density at radius 1 is 1.04 bits per heavy atom. The highest BCUT2D eigenvalue weighted by Crippen LogP contribution is 2.28. The number of methoxy groups -OCH3 is 1. The van der Waals surface area contributed by atoms with Gasteiger partial charge < -0.3 is 14.8 Å². The Balaban J connectivity index is 1.94. The number of hydrogen-bond acceptors (Lipinski definition) is 3. The van der Waals surface area contributed by atoms with E-state index in [0.717, 1.165) is 11.1 Å². The van der Waals surface area contributed by atoms with Crippen LogP contribution < -0.4 is 14.8 Å². The van der Waals surface area contributed by atoms with E-state index in [-0.39, 0.29) is 12.3 Å². The minimum Gasteiger partial charge on any atom is -0.493 e. The minimum atomic E-state index is -0.0961. The second kappa shape index (κ2) is 8.81. The van der Waals surface area contributed by atoms with Gasteiger partial charge in [0.05, 0.1) is 30.2 Å². The molecule has 0 aliphatic rings. The van der Waals surface area contributed by atoms with Crippen LogP contribution in [-0.4, -0.2) is 19.6 Å². The number of ether oxygens (including phenoxy) is 2. The molecule has 1 N–H and O–H groups in total. The van der Waals surface area contributed by atoms with Crippen LogP contribution in [0.4, 0.5) is 0 Å². The molecule has 0 unspecified atom stereocenters. The average Bonchev–Trinajstić information content (AvgIpc) is 2.57. The fourth-order valence-corrected chi connectivity index (χ4v) is 2.52. The van der Waals surface area contributed by atoms with Crippen molar-refractivity contribution in [3.63, 3.8) is 0 Å². The first-order valence-corrected chi connectivity index (χ1v) is 8.29. The molecule has 0 spiro atoms. The topological polar surface area (TPSA) is 47.6 Å². The van der Waals surface area contributed by atoms with Gasteiger partial charge >= 0.3 is 0 Å². The summed E-state index contributed by atoms with van der Waals surface area (Å²) in [6.07, 6.45) is 0.241. The molecular formula is C18H19Cl2NO3. The van der Waals surface area contributed by atoms with Gasteiger partial charge in [-0.1, -0.05) is 35.3 Å². The highest BCUT2D eigenvalue weighted by atomic mass is 35.5. The van der Waals surface area contributed by atoms with Gasteiger partial charge in [-0.3, -0.25) is 4.79 Å². The third kappa shape index (κ3) is 5.05. The predicted octanol–water partition coefficient (Wildman–Crippen LogP) is 4.26. The molecule has 24 heavy (non-hydrogen) atoms. The van der Waals surface area contributed by atoms with E-state index in [4.69, 9.17) is 32.7 Å². The summed E-state index contributed by atoms with van der Waals surface area (Å²) in [7, 11) is 1.59. The third-order valence-electron chi connectivity index (χ3n) is 3.37. The lowest BCUT2D eigenvalue weighted by molar-refractivity contribution is -0.120. The molecule has 1 amide bonds. The van der Waals surface area contributed by atoms with Crippen molar-refractivity contribution in [1.82, 2.24) is 5.32 Å². The number of amides is 1. The van der Waals surface area contributed by atoms with Crippen molar-refractivity contribution in [2.75, 3.05) is 13.7 Å². The van der Waals surface area contributed by atoms with Gasteiger partial charge in [-0.05, 0) is 42.3 Å². The van der Waals surface area contributed by atoms with Gasteiger partial charge in [0.1, 0.15) is 0 Å². The number of halogens is 2. The van der Waals surface area contributed by atoms with Crippen molar-refractivity contribution in [3.8, 4) is 11.5 Å². The number of nitrogens with one attached hydrogen (secondary N) is 1. The van der Waals surface area contributed by atoms with Gasteiger partial charge in [-0.25, -0.2) is 0 Å². The van der Waals surface area contributed by atoms with E-state index in [9.17, 15) is 4.79 Å². The molecule has 0 radical (unpaired) electrons. The maximum absolute atomic E-state index is 12.1. The average molecular weight is 368 g/mol. The zero-order valence-electron chi connectivity index (χ0n) is 13.6. The van der Waals surface area contributed by atoms with Crippen LogP contribution in [0.1, 0.15) is 18.1 Å². The molecule has 0 saturated carbocycles. The number of benzene rings is 2. The zero-order chi connectivity index (χ0) is 17.5. The summed E-state index contributed by atoms with van der Waals surface area (Å²) >= 11 is 11.8. The summed E-state index contributed by atoms with van der Waals surface area (Å²) in [5.41, 5.74) is 1.74. The first-order valence-electron chi connectivity index (χ1n) is 7.53.